The van der Waals surface area contributed by atoms with Crippen molar-refractivity contribution in [2.75, 3.05) is 0 Å². The van der Waals surface area contributed by atoms with Crippen LogP contribution in [0.25, 0.3) is 16.9 Å². The van der Waals surface area contributed by atoms with Crippen LogP contribution in [0.2, 0.25) is 5.15 Å². The molecule has 4 nitrogen and oxygen atoms in total. The maximum Gasteiger partial charge on any atom is 0.191 e. The third-order valence-corrected chi connectivity index (χ3v) is 2.99. The van der Waals surface area contributed by atoms with Crippen LogP contribution >= 0.6 is 23.3 Å². The second-order valence-electron chi connectivity index (χ2n) is 2.98. The van der Waals surface area contributed by atoms with E-state index in [2.05, 4.69) is 13.7 Å². The van der Waals surface area contributed by atoms with Crippen LogP contribution in [0.1, 0.15) is 0 Å². The van der Waals surface area contributed by atoms with E-state index in [1.807, 2.05) is 28.8 Å². The lowest BCUT2D eigenvalue weighted by molar-refractivity contribution is 1.05. The highest BCUT2D eigenvalue weighted by Gasteiger charge is 2.10. The van der Waals surface area contributed by atoms with E-state index in [1.54, 1.807) is 6.33 Å². The first kappa shape index (κ1) is 8.82. The summed E-state index contributed by atoms with van der Waals surface area (Å²) in [6.45, 7) is 0. The molecule has 6 heteroatoms. The number of benzene rings is 1. The molecule has 0 saturated carbocycles. The Balaban J connectivity index is 2.32. The molecule has 0 bridgehead atoms. The summed E-state index contributed by atoms with van der Waals surface area (Å²) in [5, 5.41) is 0.406. The normalized spacial score (nSPS) is 11.0. The molecule has 3 aromatic rings. The van der Waals surface area contributed by atoms with E-state index in [1.165, 1.54) is 0 Å². The first-order valence-electron chi connectivity index (χ1n) is 4.27. The minimum atomic E-state index is 0.406. The minimum Gasteiger partial charge on any atom is -0.279 e. The lowest BCUT2D eigenvalue weighted by Crippen LogP contribution is -1.92. The molecular weight excluding hydrogens is 232 g/mol. The fourth-order valence-electron chi connectivity index (χ4n) is 1.44. The van der Waals surface area contributed by atoms with Gasteiger partial charge in [-0.25, -0.2) is 4.98 Å². The second kappa shape index (κ2) is 3.29. The van der Waals surface area contributed by atoms with Crippen LogP contribution in [-0.4, -0.2) is 18.3 Å². The third-order valence-electron chi connectivity index (χ3n) is 2.11. The zero-order valence-corrected chi connectivity index (χ0v) is 9.03. The van der Waals surface area contributed by atoms with Gasteiger partial charge in [0.2, 0.25) is 0 Å². The van der Waals surface area contributed by atoms with Crippen LogP contribution in [0.15, 0.2) is 30.6 Å². The van der Waals surface area contributed by atoms with Gasteiger partial charge in [0.25, 0.3) is 0 Å². The Bertz CT molecular complexity index is 615. The number of para-hydroxylation sites is 2. The van der Waals surface area contributed by atoms with Crippen LogP contribution in [0.3, 0.4) is 0 Å². The average molecular weight is 237 g/mol. The van der Waals surface area contributed by atoms with Gasteiger partial charge < -0.3 is 0 Å². The van der Waals surface area contributed by atoms with Crippen molar-refractivity contribution in [2.24, 2.45) is 0 Å². The monoisotopic (exact) mass is 236 g/mol. The molecule has 0 amide bonds. The zero-order valence-electron chi connectivity index (χ0n) is 7.46. The largest absolute Gasteiger partial charge is 0.279 e. The SMILES string of the molecule is Clc1nsnc1-n1cnc2ccccc21. The van der Waals surface area contributed by atoms with Crippen molar-refractivity contribution in [1.82, 2.24) is 18.3 Å². The summed E-state index contributed by atoms with van der Waals surface area (Å²) >= 11 is 7.01. The summed E-state index contributed by atoms with van der Waals surface area (Å²) in [5.74, 6) is 0.635. The molecule has 0 radical (unpaired) electrons. The van der Waals surface area contributed by atoms with E-state index in [0.717, 1.165) is 22.8 Å². The van der Waals surface area contributed by atoms with Gasteiger partial charge in [0.1, 0.15) is 6.33 Å². The number of imidazole rings is 1. The number of hydrogen-bond acceptors (Lipinski definition) is 4. The van der Waals surface area contributed by atoms with E-state index in [0.29, 0.717) is 11.0 Å². The van der Waals surface area contributed by atoms with Gasteiger partial charge in [0.05, 0.1) is 22.8 Å². The number of rotatable bonds is 1. The quantitative estimate of drug-likeness (QED) is 0.652. The van der Waals surface area contributed by atoms with Crippen molar-refractivity contribution >= 4 is 34.4 Å². The Kier molecular flexibility index (Phi) is 1.93. The van der Waals surface area contributed by atoms with Crippen molar-refractivity contribution in [2.45, 2.75) is 0 Å². The number of aromatic nitrogens is 4. The van der Waals surface area contributed by atoms with Gasteiger partial charge in [-0.1, -0.05) is 23.7 Å². The fraction of sp³-hybridized carbons (Fsp3) is 0. The van der Waals surface area contributed by atoms with Gasteiger partial charge in [0.15, 0.2) is 11.0 Å². The van der Waals surface area contributed by atoms with Crippen LogP contribution < -0.4 is 0 Å². The molecule has 0 spiro atoms. The predicted molar refractivity (Wildman–Crippen MR) is 59.5 cm³/mol. The molecule has 0 N–H and O–H groups in total. The molecule has 0 saturated heterocycles. The van der Waals surface area contributed by atoms with Gasteiger partial charge in [-0.15, -0.1) is 0 Å². The molecule has 3 rings (SSSR count). The van der Waals surface area contributed by atoms with Gasteiger partial charge >= 0.3 is 0 Å². The molecule has 1 aromatic carbocycles. The molecular formula is C9H5ClN4S. The minimum absolute atomic E-state index is 0.406. The number of nitrogens with zero attached hydrogens (tertiary/aromatic N) is 4. The number of fused-ring (bicyclic) bond motifs is 1. The molecule has 74 valence electrons. The summed E-state index contributed by atoms with van der Waals surface area (Å²) in [6, 6.07) is 7.81. The number of hydrogen-bond donors (Lipinski definition) is 0. The predicted octanol–water partition coefficient (Wildman–Crippen LogP) is 2.53. The topological polar surface area (TPSA) is 43.6 Å². The second-order valence-corrected chi connectivity index (χ2v) is 3.87. The molecule has 0 fully saturated rings. The summed E-state index contributed by atoms with van der Waals surface area (Å²) < 4.78 is 9.89. The highest BCUT2D eigenvalue weighted by Crippen LogP contribution is 2.22. The molecule has 0 aliphatic heterocycles. The smallest absolute Gasteiger partial charge is 0.191 e. The Morgan fingerprint density at radius 3 is 2.87 bits per heavy atom. The summed E-state index contributed by atoms with van der Waals surface area (Å²) in [4.78, 5) is 4.26. The lowest BCUT2D eigenvalue weighted by Gasteiger charge is -1.98. The van der Waals surface area contributed by atoms with Gasteiger partial charge in [-0.05, 0) is 12.1 Å². The van der Waals surface area contributed by atoms with Gasteiger partial charge in [0, 0.05) is 0 Å². The molecule has 15 heavy (non-hydrogen) atoms. The van der Waals surface area contributed by atoms with Crippen molar-refractivity contribution in [3.63, 3.8) is 0 Å². The van der Waals surface area contributed by atoms with Crippen LogP contribution in [-0.2, 0) is 0 Å². The van der Waals surface area contributed by atoms with Crippen LogP contribution in [0, 0.1) is 0 Å². The van der Waals surface area contributed by atoms with Gasteiger partial charge in [-0.2, -0.15) is 8.75 Å². The van der Waals surface area contributed by atoms with E-state index in [4.69, 9.17) is 11.6 Å². The first-order chi connectivity index (χ1) is 7.36. The Morgan fingerprint density at radius 1 is 1.20 bits per heavy atom. The molecule has 2 aromatic heterocycles. The summed E-state index contributed by atoms with van der Waals surface area (Å²) in [6.07, 6.45) is 1.70. The van der Waals surface area contributed by atoms with Crippen molar-refractivity contribution in [1.29, 1.82) is 0 Å². The summed E-state index contributed by atoms with van der Waals surface area (Å²) in [7, 11) is 0. The summed E-state index contributed by atoms with van der Waals surface area (Å²) in [5.41, 5.74) is 1.90. The third kappa shape index (κ3) is 1.32. The Hall–Kier alpha value is -1.46. The molecule has 0 aliphatic rings. The zero-order chi connectivity index (χ0) is 10.3. The number of halogens is 1. The first-order valence-corrected chi connectivity index (χ1v) is 5.37. The van der Waals surface area contributed by atoms with Crippen molar-refractivity contribution in [3.05, 3.63) is 35.7 Å². The van der Waals surface area contributed by atoms with E-state index >= 15 is 0 Å². The highest BCUT2D eigenvalue weighted by atomic mass is 35.5. The van der Waals surface area contributed by atoms with Crippen molar-refractivity contribution in [3.8, 4) is 5.82 Å². The molecule has 0 unspecified atom stereocenters. The van der Waals surface area contributed by atoms with E-state index in [9.17, 15) is 0 Å². The molecule has 0 aliphatic carbocycles. The Morgan fingerprint density at radius 2 is 2.07 bits per heavy atom. The lowest BCUT2D eigenvalue weighted by atomic mass is 10.3. The standard InChI is InChI=1S/C9H5ClN4S/c10-8-9(13-15-12-8)14-5-11-6-3-1-2-4-7(6)14/h1-5H. The van der Waals surface area contributed by atoms with E-state index in [-0.39, 0.29) is 0 Å². The van der Waals surface area contributed by atoms with Gasteiger partial charge in [-0.3, -0.25) is 4.57 Å². The maximum absolute atomic E-state index is 5.92. The van der Waals surface area contributed by atoms with Crippen LogP contribution in [0.4, 0.5) is 0 Å². The van der Waals surface area contributed by atoms with Crippen LogP contribution in [0.5, 0.6) is 0 Å². The average Bonchev–Trinajstić information content (AvgIpc) is 2.83. The highest BCUT2D eigenvalue weighted by molar-refractivity contribution is 6.99. The molecule has 2 heterocycles. The Labute approximate surface area is 94.5 Å². The van der Waals surface area contributed by atoms with Crippen molar-refractivity contribution < 1.29 is 0 Å². The van der Waals surface area contributed by atoms with E-state index < -0.39 is 0 Å². The molecule has 0 atom stereocenters. The maximum atomic E-state index is 5.92. The fourth-order valence-corrected chi connectivity index (χ4v) is 2.17.